The van der Waals surface area contributed by atoms with Crippen LogP contribution in [0.3, 0.4) is 0 Å². The SMILES string of the molecule is CN1CCCC(CNC(=O)C2CC23CCNCC3)C1. The van der Waals surface area contributed by atoms with Gasteiger partial charge in [-0.25, -0.2) is 0 Å². The number of carbonyl (C=O) groups excluding carboxylic acids is 1. The van der Waals surface area contributed by atoms with Gasteiger partial charge >= 0.3 is 0 Å². The Balaban J connectivity index is 1.42. The summed E-state index contributed by atoms with van der Waals surface area (Å²) in [6.45, 7) is 5.42. The second-order valence-electron chi connectivity index (χ2n) is 6.88. The summed E-state index contributed by atoms with van der Waals surface area (Å²) in [6.07, 6.45) is 6.06. The van der Waals surface area contributed by atoms with Crippen molar-refractivity contribution in [2.45, 2.75) is 32.1 Å². The molecule has 4 heteroatoms. The standard InChI is InChI=1S/C15H27N3O/c1-18-8-2-3-12(11-18)10-17-14(19)13-9-15(13)4-6-16-7-5-15/h12-13,16H,2-11H2,1H3,(H,17,19). The van der Waals surface area contributed by atoms with Gasteiger partial charge in [-0.15, -0.1) is 0 Å². The minimum Gasteiger partial charge on any atom is -0.356 e. The van der Waals surface area contributed by atoms with Gasteiger partial charge in [-0.1, -0.05) is 0 Å². The lowest BCUT2D eigenvalue weighted by molar-refractivity contribution is -0.123. The third-order valence-electron chi connectivity index (χ3n) is 5.39. The van der Waals surface area contributed by atoms with Gasteiger partial charge in [0.05, 0.1) is 0 Å². The van der Waals surface area contributed by atoms with Gasteiger partial charge in [0.2, 0.25) is 5.91 Å². The smallest absolute Gasteiger partial charge is 0.223 e. The predicted octanol–water partition coefficient (Wildman–Crippen LogP) is 0.834. The van der Waals surface area contributed by atoms with E-state index in [1.165, 1.54) is 32.2 Å². The Morgan fingerprint density at radius 3 is 2.95 bits per heavy atom. The van der Waals surface area contributed by atoms with Crippen molar-refractivity contribution in [3.8, 4) is 0 Å². The van der Waals surface area contributed by atoms with Crippen LogP contribution in [0.2, 0.25) is 0 Å². The van der Waals surface area contributed by atoms with Gasteiger partial charge in [0.25, 0.3) is 0 Å². The number of hydrogen-bond acceptors (Lipinski definition) is 3. The quantitative estimate of drug-likeness (QED) is 0.794. The number of rotatable bonds is 3. The molecule has 1 saturated carbocycles. The maximum atomic E-state index is 12.3. The topological polar surface area (TPSA) is 44.4 Å². The van der Waals surface area contributed by atoms with E-state index in [0.29, 0.717) is 23.2 Å². The number of nitrogens with one attached hydrogen (secondary N) is 2. The minimum atomic E-state index is 0.316. The molecule has 0 aromatic heterocycles. The van der Waals surface area contributed by atoms with Gasteiger partial charge in [-0.3, -0.25) is 4.79 Å². The molecule has 2 N–H and O–H groups in total. The number of carbonyl (C=O) groups is 1. The van der Waals surface area contributed by atoms with Crippen molar-refractivity contribution in [3.05, 3.63) is 0 Å². The molecule has 2 heterocycles. The molecular formula is C15H27N3O. The van der Waals surface area contributed by atoms with Gasteiger partial charge in [-0.05, 0) is 70.1 Å². The van der Waals surface area contributed by atoms with Gasteiger partial charge < -0.3 is 15.5 Å². The van der Waals surface area contributed by atoms with Crippen LogP contribution in [-0.2, 0) is 4.79 Å². The summed E-state index contributed by atoms with van der Waals surface area (Å²) in [5.41, 5.74) is 0.374. The van der Waals surface area contributed by atoms with E-state index in [1.54, 1.807) is 0 Å². The number of nitrogens with zero attached hydrogens (tertiary/aromatic N) is 1. The zero-order valence-electron chi connectivity index (χ0n) is 12.1. The molecule has 0 aromatic rings. The zero-order chi connectivity index (χ0) is 13.3. The maximum Gasteiger partial charge on any atom is 0.223 e. The molecular weight excluding hydrogens is 238 g/mol. The molecule has 2 unspecified atom stereocenters. The molecule has 0 bridgehead atoms. The van der Waals surface area contributed by atoms with Crippen molar-refractivity contribution in [1.29, 1.82) is 0 Å². The van der Waals surface area contributed by atoms with E-state index in [4.69, 9.17) is 0 Å². The lowest BCUT2D eigenvalue weighted by Gasteiger charge is -2.30. The molecule has 2 saturated heterocycles. The first-order valence-corrected chi connectivity index (χ1v) is 7.87. The molecule has 2 atom stereocenters. The van der Waals surface area contributed by atoms with Crippen molar-refractivity contribution in [2.75, 3.05) is 39.8 Å². The first-order chi connectivity index (χ1) is 9.20. The highest BCUT2D eigenvalue weighted by atomic mass is 16.2. The molecule has 19 heavy (non-hydrogen) atoms. The average molecular weight is 265 g/mol. The van der Waals surface area contributed by atoms with E-state index < -0.39 is 0 Å². The summed E-state index contributed by atoms with van der Waals surface area (Å²) in [7, 11) is 2.18. The van der Waals surface area contributed by atoms with Crippen LogP contribution in [0.5, 0.6) is 0 Å². The normalized spacial score (nSPS) is 34.2. The Morgan fingerprint density at radius 2 is 2.21 bits per heavy atom. The molecule has 0 radical (unpaired) electrons. The highest BCUT2D eigenvalue weighted by Gasteiger charge is 2.57. The van der Waals surface area contributed by atoms with Crippen LogP contribution in [0.25, 0.3) is 0 Å². The highest BCUT2D eigenvalue weighted by molar-refractivity contribution is 5.82. The fourth-order valence-electron chi connectivity index (χ4n) is 4.00. The lowest BCUT2D eigenvalue weighted by Crippen LogP contribution is -2.40. The number of hydrogen-bond donors (Lipinski definition) is 2. The third kappa shape index (κ3) is 2.95. The van der Waals surface area contributed by atoms with Crippen LogP contribution in [0.1, 0.15) is 32.1 Å². The highest BCUT2D eigenvalue weighted by Crippen LogP contribution is 2.58. The van der Waals surface area contributed by atoms with Gasteiger partial charge in [0, 0.05) is 19.0 Å². The second-order valence-corrected chi connectivity index (χ2v) is 6.88. The maximum absolute atomic E-state index is 12.3. The van der Waals surface area contributed by atoms with Gasteiger partial charge in [-0.2, -0.15) is 0 Å². The molecule has 1 spiro atoms. The number of piperidine rings is 2. The summed E-state index contributed by atoms with van der Waals surface area (Å²) in [5.74, 6) is 1.30. The summed E-state index contributed by atoms with van der Waals surface area (Å²) in [4.78, 5) is 14.6. The van der Waals surface area contributed by atoms with Crippen LogP contribution in [0, 0.1) is 17.3 Å². The Hall–Kier alpha value is -0.610. The van der Waals surface area contributed by atoms with Crippen LogP contribution in [-0.4, -0.2) is 50.6 Å². The largest absolute Gasteiger partial charge is 0.356 e. The molecule has 4 nitrogen and oxygen atoms in total. The molecule has 0 aromatic carbocycles. The van der Waals surface area contributed by atoms with Crippen molar-refractivity contribution in [2.24, 2.45) is 17.3 Å². The lowest BCUT2D eigenvalue weighted by atomic mass is 9.91. The molecule has 2 aliphatic heterocycles. The Morgan fingerprint density at radius 1 is 1.42 bits per heavy atom. The van der Waals surface area contributed by atoms with Gasteiger partial charge in [0.1, 0.15) is 0 Å². The molecule has 1 amide bonds. The van der Waals surface area contributed by atoms with E-state index in [0.717, 1.165) is 32.6 Å². The van der Waals surface area contributed by atoms with Crippen LogP contribution in [0.4, 0.5) is 0 Å². The first-order valence-electron chi connectivity index (χ1n) is 7.87. The molecule has 3 aliphatic rings. The fourth-order valence-corrected chi connectivity index (χ4v) is 4.00. The minimum absolute atomic E-state index is 0.316. The Bertz CT molecular complexity index is 338. The molecule has 3 rings (SSSR count). The molecule has 108 valence electrons. The van der Waals surface area contributed by atoms with E-state index >= 15 is 0 Å². The summed E-state index contributed by atoms with van der Waals surface area (Å²) < 4.78 is 0. The average Bonchev–Trinajstić information content (AvgIpc) is 3.10. The van der Waals surface area contributed by atoms with Crippen molar-refractivity contribution >= 4 is 5.91 Å². The summed E-state index contributed by atoms with van der Waals surface area (Å²) in [6, 6.07) is 0. The number of likely N-dealkylation sites (tertiary alicyclic amines) is 1. The van der Waals surface area contributed by atoms with Crippen molar-refractivity contribution in [3.63, 3.8) is 0 Å². The Kier molecular flexibility index (Phi) is 3.81. The van der Waals surface area contributed by atoms with Crippen molar-refractivity contribution < 1.29 is 4.79 Å². The van der Waals surface area contributed by atoms with Crippen LogP contribution >= 0.6 is 0 Å². The summed E-state index contributed by atoms with van der Waals surface area (Å²) in [5, 5.41) is 6.61. The summed E-state index contributed by atoms with van der Waals surface area (Å²) >= 11 is 0. The van der Waals surface area contributed by atoms with E-state index in [-0.39, 0.29) is 0 Å². The number of amides is 1. The van der Waals surface area contributed by atoms with Crippen molar-refractivity contribution in [1.82, 2.24) is 15.5 Å². The van der Waals surface area contributed by atoms with E-state index in [1.807, 2.05) is 0 Å². The monoisotopic (exact) mass is 265 g/mol. The predicted molar refractivity (Wildman–Crippen MR) is 75.9 cm³/mol. The Labute approximate surface area is 116 Å². The van der Waals surface area contributed by atoms with E-state index in [9.17, 15) is 4.79 Å². The fraction of sp³-hybridized carbons (Fsp3) is 0.933. The molecule has 1 aliphatic carbocycles. The first kappa shape index (κ1) is 13.4. The zero-order valence-corrected chi connectivity index (χ0v) is 12.1. The van der Waals surface area contributed by atoms with Crippen LogP contribution in [0.15, 0.2) is 0 Å². The second kappa shape index (κ2) is 5.41. The third-order valence-corrected chi connectivity index (χ3v) is 5.39. The van der Waals surface area contributed by atoms with Crippen LogP contribution < -0.4 is 10.6 Å². The molecule has 3 fully saturated rings. The van der Waals surface area contributed by atoms with Gasteiger partial charge in [0.15, 0.2) is 0 Å². The van der Waals surface area contributed by atoms with E-state index in [2.05, 4.69) is 22.6 Å².